The first-order chi connectivity index (χ1) is 18.8. The summed E-state index contributed by atoms with van der Waals surface area (Å²) in [6.45, 7) is 12.6. The van der Waals surface area contributed by atoms with Crippen LogP contribution in [0.25, 0.3) is 16.6 Å². The van der Waals surface area contributed by atoms with Crippen molar-refractivity contribution in [1.82, 2.24) is 24.3 Å². The largest absolute Gasteiger partial charge is 0.369 e. The van der Waals surface area contributed by atoms with Gasteiger partial charge < -0.3 is 15.1 Å². The number of nitrogens with zero attached hydrogens (tertiary/aromatic N) is 6. The fourth-order valence-corrected chi connectivity index (χ4v) is 5.42. The summed E-state index contributed by atoms with van der Waals surface area (Å²) in [5.74, 6) is 0.480. The molecule has 1 saturated heterocycles. The molecule has 3 heterocycles. The highest BCUT2D eigenvalue weighted by Crippen LogP contribution is 2.24. The molecule has 2 aromatic heterocycles. The molecule has 39 heavy (non-hydrogen) atoms. The number of rotatable bonds is 8. The van der Waals surface area contributed by atoms with Crippen LogP contribution in [0.3, 0.4) is 0 Å². The highest BCUT2D eigenvalue weighted by atomic mass is 16.1. The molecule has 1 N–H and O–H groups in total. The van der Waals surface area contributed by atoms with Crippen molar-refractivity contribution in [3.8, 4) is 5.69 Å². The second-order valence-electron chi connectivity index (χ2n) is 10.8. The van der Waals surface area contributed by atoms with Crippen LogP contribution in [0.2, 0.25) is 0 Å². The molecule has 204 valence electrons. The first kappa shape index (κ1) is 26.8. The quantitative estimate of drug-likeness (QED) is 0.363. The van der Waals surface area contributed by atoms with E-state index in [1.807, 2.05) is 45.2 Å². The van der Waals surface area contributed by atoms with Crippen molar-refractivity contribution < 1.29 is 0 Å². The van der Waals surface area contributed by atoms with E-state index in [1.165, 1.54) is 18.7 Å². The Bertz CT molecular complexity index is 1480. The predicted octanol–water partition coefficient (Wildman–Crippen LogP) is 4.52. The standard InChI is InChI=1S/C31H39N7O/c1-22-8-6-9-23(2)29(22)38-21-24(3)28-27(30(38)39)20-32-31(34-28)33-25-10-12-26(13-11-25)37-18-16-36(17-19-37)15-7-14-35(4)5/h6,8-13,20-21H,7,14-19H2,1-5H3,(H,32,33,34). The number of benzene rings is 2. The fraction of sp³-hybridized carbons (Fsp3) is 0.387. The van der Waals surface area contributed by atoms with Crippen molar-refractivity contribution in [2.45, 2.75) is 27.2 Å². The molecule has 0 radical (unpaired) electrons. The molecule has 0 aliphatic carbocycles. The fourth-order valence-electron chi connectivity index (χ4n) is 5.42. The van der Waals surface area contributed by atoms with E-state index in [0.29, 0.717) is 16.9 Å². The maximum atomic E-state index is 13.4. The Morgan fingerprint density at radius 1 is 0.923 bits per heavy atom. The number of aryl methyl sites for hydroxylation is 3. The van der Waals surface area contributed by atoms with Crippen molar-refractivity contribution in [2.24, 2.45) is 0 Å². The van der Waals surface area contributed by atoms with Gasteiger partial charge in [0.25, 0.3) is 5.56 Å². The third kappa shape index (κ3) is 5.97. The number of aromatic nitrogens is 3. The van der Waals surface area contributed by atoms with E-state index in [1.54, 1.807) is 10.8 Å². The number of para-hydroxylation sites is 1. The van der Waals surface area contributed by atoms with Crippen LogP contribution in [-0.4, -0.2) is 77.7 Å². The lowest BCUT2D eigenvalue weighted by atomic mass is 10.1. The Kier molecular flexibility index (Phi) is 7.95. The van der Waals surface area contributed by atoms with Crippen LogP contribution in [-0.2, 0) is 0 Å². The van der Waals surface area contributed by atoms with Crippen LogP contribution in [0.15, 0.2) is 59.7 Å². The van der Waals surface area contributed by atoms with Crippen LogP contribution < -0.4 is 15.8 Å². The number of nitrogens with one attached hydrogen (secondary N) is 1. The van der Waals surface area contributed by atoms with Gasteiger partial charge in [0, 0.05) is 49.9 Å². The lowest BCUT2D eigenvalue weighted by molar-refractivity contribution is 0.242. The van der Waals surface area contributed by atoms with E-state index in [4.69, 9.17) is 4.98 Å². The van der Waals surface area contributed by atoms with Crippen LogP contribution in [0.1, 0.15) is 23.1 Å². The summed E-state index contributed by atoms with van der Waals surface area (Å²) in [5, 5.41) is 3.83. The van der Waals surface area contributed by atoms with Gasteiger partial charge in [-0.15, -0.1) is 0 Å². The summed E-state index contributed by atoms with van der Waals surface area (Å²) in [4.78, 5) is 29.9. The van der Waals surface area contributed by atoms with Crippen LogP contribution in [0.4, 0.5) is 17.3 Å². The van der Waals surface area contributed by atoms with Crippen LogP contribution >= 0.6 is 0 Å². The number of anilines is 3. The van der Waals surface area contributed by atoms with Gasteiger partial charge >= 0.3 is 0 Å². The molecule has 5 rings (SSSR count). The topological polar surface area (TPSA) is 69.5 Å². The van der Waals surface area contributed by atoms with Gasteiger partial charge in [-0.3, -0.25) is 14.3 Å². The van der Waals surface area contributed by atoms with Gasteiger partial charge in [0.15, 0.2) is 0 Å². The van der Waals surface area contributed by atoms with Gasteiger partial charge in [0.1, 0.15) is 0 Å². The molecule has 0 amide bonds. The van der Waals surface area contributed by atoms with Gasteiger partial charge in [-0.2, -0.15) is 0 Å². The maximum Gasteiger partial charge on any atom is 0.266 e. The Labute approximate surface area is 230 Å². The number of piperazine rings is 1. The number of pyridine rings is 1. The zero-order valence-electron chi connectivity index (χ0n) is 23.7. The molecule has 2 aromatic carbocycles. The molecule has 1 fully saturated rings. The average Bonchev–Trinajstić information content (AvgIpc) is 2.92. The van der Waals surface area contributed by atoms with Crippen LogP contribution in [0, 0.1) is 20.8 Å². The molecule has 0 atom stereocenters. The molecule has 0 saturated carbocycles. The lowest BCUT2D eigenvalue weighted by Gasteiger charge is -2.36. The maximum absolute atomic E-state index is 13.4. The summed E-state index contributed by atoms with van der Waals surface area (Å²) in [5.41, 5.74) is 6.66. The highest BCUT2D eigenvalue weighted by molar-refractivity contribution is 5.81. The van der Waals surface area contributed by atoms with Crippen molar-refractivity contribution in [2.75, 3.05) is 63.6 Å². The SMILES string of the molecule is Cc1cccc(C)c1-n1cc(C)c2nc(Nc3ccc(N4CCN(CCCN(C)C)CC4)cc3)ncc2c1=O. The Balaban J connectivity index is 1.27. The summed E-state index contributed by atoms with van der Waals surface area (Å²) < 4.78 is 1.72. The van der Waals surface area contributed by atoms with E-state index < -0.39 is 0 Å². The second kappa shape index (κ2) is 11.6. The Morgan fingerprint density at radius 3 is 2.28 bits per heavy atom. The van der Waals surface area contributed by atoms with Gasteiger partial charge in [0.2, 0.25) is 5.95 Å². The minimum absolute atomic E-state index is 0.110. The minimum Gasteiger partial charge on any atom is -0.369 e. The molecular formula is C31H39N7O. The van der Waals surface area contributed by atoms with Crippen molar-refractivity contribution in [1.29, 1.82) is 0 Å². The molecule has 0 unspecified atom stereocenters. The zero-order chi connectivity index (χ0) is 27.5. The smallest absolute Gasteiger partial charge is 0.266 e. The van der Waals surface area contributed by atoms with Crippen molar-refractivity contribution in [3.05, 3.63) is 81.9 Å². The molecule has 8 heteroatoms. The Morgan fingerprint density at radius 2 is 1.62 bits per heavy atom. The Hall–Kier alpha value is -3.75. The number of hydrogen-bond donors (Lipinski definition) is 1. The van der Waals surface area contributed by atoms with E-state index in [2.05, 4.69) is 63.4 Å². The first-order valence-electron chi connectivity index (χ1n) is 13.7. The summed E-state index contributed by atoms with van der Waals surface area (Å²) in [6.07, 6.45) is 4.73. The second-order valence-corrected chi connectivity index (χ2v) is 10.8. The molecule has 0 bridgehead atoms. The van der Waals surface area contributed by atoms with Gasteiger partial charge in [-0.05, 0) is 95.3 Å². The molecule has 8 nitrogen and oxygen atoms in total. The summed E-state index contributed by atoms with van der Waals surface area (Å²) >= 11 is 0. The lowest BCUT2D eigenvalue weighted by Crippen LogP contribution is -2.46. The third-order valence-corrected chi connectivity index (χ3v) is 7.56. The first-order valence-corrected chi connectivity index (χ1v) is 13.7. The normalized spacial score (nSPS) is 14.4. The third-order valence-electron chi connectivity index (χ3n) is 7.56. The zero-order valence-corrected chi connectivity index (χ0v) is 23.7. The summed E-state index contributed by atoms with van der Waals surface area (Å²) in [6, 6.07) is 14.5. The number of fused-ring (bicyclic) bond motifs is 1. The van der Waals surface area contributed by atoms with Crippen LogP contribution in [0.5, 0.6) is 0 Å². The van der Waals surface area contributed by atoms with E-state index in [9.17, 15) is 4.79 Å². The minimum atomic E-state index is -0.110. The van der Waals surface area contributed by atoms with E-state index >= 15 is 0 Å². The molecule has 4 aromatic rings. The summed E-state index contributed by atoms with van der Waals surface area (Å²) in [7, 11) is 4.27. The monoisotopic (exact) mass is 525 g/mol. The van der Waals surface area contributed by atoms with Gasteiger partial charge in [-0.25, -0.2) is 9.97 Å². The van der Waals surface area contributed by atoms with Crippen molar-refractivity contribution >= 4 is 28.2 Å². The molecular weight excluding hydrogens is 486 g/mol. The molecule has 0 spiro atoms. The van der Waals surface area contributed by atoms with Gasteiger partial charge in [0.05, 0.1) is 16.6 Å². The molecule has 1 aliphatic heterocycles. The van der Waals surface area contributed by atoms with Crippen molar-refractivity contribution in [3.63, 3.8) is 0 Å². The predicted molar refractivity (Wildman–Crippen MR) is 161 cm³/mol. The van der Waals surface area contributed by atoms with E-state index in [-0.39, 0.29) is 5.56 Å². The highest BCUT2D eigenvalue weighted by Gasteiger charge is 2.17. The average molecular weight is 526 g/mol. The van der Waals surface area contributed by atoms with Gasteiger partial charge in [-0.1, -0.05) is 18.2 Å². The van der Waals surface area contributed by atoms with E-state index in [0.717, 1.165) is 60.8 Å². The molecule has 1 aliphatic rings. The number of hydrogen-bond acceptors (Lipinski definition) is 7.